The smallest absolute Gasteiger partial charge is 0.354 e. The number of carboxylic acids is 2. The number of carbonyl (C=O) groups is 7. The number of methoxy groups -OCH3 is 1. The lowest BCUT2D eigenvalue weighted by Gasteiger charge is -2.25. The van der Waals surface area contributed by atoms with E-state index in [1.807, 2.05) is 0 Å². The SMILES string of the molecule is C=C1CSC(C(NC(=O)/C(=N/OC)c2csc(NC(=O)CNC(=O)CNC(=O)COc3ccc4c(-c5ccccc5C(=O)OC)c5ccc(=O)cc-5oc4c3)n2)C(=O)O)N=C1C(=O)O. The molecule has 0 radical (unpaired) electrons. The van der Waals surface area contributed by atoms with E-state index in [2.05, 4.69) is 43.0 Å². The summed E-state index contributed by atoms with van der Waals surface area (Å²) in [5, 5.41) is 32.9. The quantitative estimate of drug-likeness (QED) is 0.0337. The lowest BCUT2D eigenvalue weighted by molar-refractivity contribution is -0.141. The molecule has 64 heavy (non-hydrogen) atoms. The molecule has 21 nitrogen and oxygen atoms in total. The molecule has 2 aromatic carbocycles. The number of ether oxygens (including phenoxy) is 2. The van der Waals surface area contributed by atoms with Crippen LogP contribution >= 0.6 is 23.1 Å². The molecule has 0 fully saturated rings. The molecule has 1 aromatic heterocycles. The largest absolute Gasteiger partial charge is 0.484 e. The molecule has 23 heteroatoms. The van der Waals surface area contributed by atoms with Crippen LogP contribution in [-0.2, 0) is 38.3 Å². The third-order valence-corrected chi connectivity index (χ3v) is 11.0. The molecule has 3 aliphatic rings. The van der Waals surface area contributed by atoms with Gasteiger partial charge in [0.15, 0.2) is 28.9 Å². The van der Waals surface area contributed by atoms with E-state index in [4.69, 9.17) is 18.7 Å². The highest BCUT2D eigenvalue weighted by Crippen LogP contribution is 2.42. The molecule has 2 unspecified atom stereocenters. The van der Waals surface area contributed by atoms with Crippen molar-refractivity contribution in [3.63, 3.8) is 0 Å². The Kier molecular flexibility index (Phi) is 14.5. The molecule has 1 aliphatic carbocycles. The second kappa shape index (κ2) is 20.3. The zero-order valence-corrected chi connectivity index (χ0v) is 35.1. The van der Waals surface area contributed by atoms with Crippen molar-refractivity contribution >= 4 is 92.2 Å². The maximum absolute atomic E-state index is 13.2. The standard InChI is InChI=1S/C41H35N7O14S2/c1-19-17-63-37(47-33(19)38(54)55)35(39(56)57)46-36(53)34(48-60-3)26-18-64-41(44-26)45-30(51)15-42-29(50)14-43-31(52)16-61-21-9-11-25-28(13-21)62-27-12-20(49)8-10-24(27)32(25)22-6-4-5-7-23(22)40(58)59-2/h4-13,18,35,37H,1,14-17H2,2-3H3,(H,42,50)(H,43,52)(H,46,53)(H,54,55)(H,56,57)(H,44,45,51)/b48-34+. The summed E-state index contributed by atoms with van der Waals surface area (Å²) >= 11 is 1.83. The van der Waals surface area contributed by atoms with E-state index in [1.165, 1.54) is 30.7 Å². The first-order valence-corrected chi connectivity index (χ1v) is 20.5. The van der Waals surface area contributed by atoms with Gasteiger partial charge in [-0.3, -0.25) is 29.0 Å². The number of carbonyl (C=O) groups excluding carboxylic acids is 5. The zero-order valence-electron chi connectivity index (χ0n) is 33.5. The van der Waals surface area contributed by atoms with Gasteiger partial charge in [-0.15, -0.1) is 23.1 Å². The highest BCUT2D eigenvalue weighted by atomic mass is 32.2. The Morgan fingerprint density at radius 3 is 2.44 bits per heavy atom. The van der Waals surface area contributed by atoms with E-state index < -0.39 is 84.1 Å². The molecule has 4 amide bonds. The number of fused-ring (bicyclic) bond motifs is 2. The molecule has 0 saturated heterocycles. The van der Waals surface area contributed by atoms with Crippen LogP contribution in [0.3, 0.4) is 0 Å². The van der Waals surface area contributed by atoms with Crippen molar-refractivity contribution < 1.29 is 62.5 Å². The van der Waals surface area contributed by atoms with Gasteiger partial charge in [0.1, 0.15) is 41.0 Å². The summed E-state index contributed by atoms with van der Waals surface area (Å²) in [4.78, 5) is 112. The molecular formula is C41H35N7O14S2. The predicted molar refractivity (Wildman–Crippen MR) is 232 cm³/mol. The Balaban J connectivity index is 1.01. The Morgan fingerprint density at radius 2 is 1.70 bits per heavy atom. The number of nitrogens with one attached hydrogen (secondary N) is 4. The van der Waals surface area contributed by atoms with Crippen LogP contribution in [0.5, 0.6) is 5.75 Å². The van der Waals surface area contributed by atoms with Crippen LogP contribution in [0, 0.1) is 0 Å². The number of nitrogens with zero attached hydrogens (tertiary/aromatic N) is 3. The van der Waals surface area contributed by atoms with Gasteiger partial charge in [0.2, 0.25) is 11.8 Å². The third kappa shape index (κ3) is 10.7. The molecule has 2 aliphatic heterocycles. The number of aliphatic imine (C=N–C) groups is 1. The average Bonchev–Trinajstić information content (AvgIpc) is 3.74. The lowest BCUT2D eigenvalue weighted by atomic mass is 9.91. The third-order valence-electron chi connectivity index (χ3n) is 8.98. The topological polar surface area (TPSA) is 304 Å². The maximum Gasteiger partial charge on any atom is 0.354 e. The van der Waals surface area contributed by atoms with Gasteiger partial charge in [-0.2, -0.15) is 0 Å². The van der Waals surface area contributed by atoms with Gasteiger partial charge >= 0.3 is 17.9 Å². The lowest BCUT2D eigenvalue weighted by Crippen LogP contribution is -2.50. The van der Waals surface area contributed by atoms with Crippen LogP contribution in [0.2, 0.25) is 0 Å². The number of aliphatic carboxylic acids is 2. The van der Waals surface area contributed by atoms with Crippen LogP contribution in [-0.4, -0.2) is 119 Å². The Bertz CT molecular complexity index is 2800. The zero-order chi connectivity index (χ0) is 46.1. The summed E-state index contributed by atoms with van der Waals surface area (Å²) in [5.74, 6) is -6.13. The normalized spacial score (nSPS) is 14.2. The van der Waals surface area contributed by atoms with E-state index in [0.717, 1.165) is 30.2 Å². The molecule has 3 heterocycles. The minimum Gasteiger partial charge on any atom is -0.484 e. The first-order chi connectivity index (χ1) is 30.7. The van der Waals surface area contributed by atoms with Crippen molar-refractivity contribution in [2.24, 2.45) is 10.1 Å². The van der Waals surface area contributed by atoms with Crippen LogP contribution in [0.25, 0.3) is 33.4 Å². The highest BCUT2D eigenvalue weighted by molar-refractivity contribution is 8.00. The first-order valence-electron chi connectivity index (χ1n) is 18.5. The summed E-state index contributed by atoms with van der Waals surface area (Å²) in [6.45, 7) is 2.04. The second-order valence-corrected chi connectivity index (χ2v) is 15.2. The van der Waals surface area contributed by atoms with Gasteiger partial charge in [0.25, 0.3) is 11.8 Å². The summed E-state index contributed by atoms with van der Waals surface area (Å²) in [6, 6.07) is 14.2. The fraction of sp³-hybridized carbons (Fsp3) is 0.195. The molecule has 6 rings (SSSR count). The first kappa shape index (κ1) is 45.6. The number of hydrogen-bond donors (Lipinski definition) is 6. The highest BCUT2D eigenvalue weighted by Gasteiger charge is 2.36. The van der Waals surface area contributed by atoms with Crippen LogP contribution in [0.15, 0.2) is 97.6 Å². The molecule has 0 spiro atoms. The fourth-order valence-electron chi connectivity index (χ4n) is 6.09. The van der Waals surface area contributed by atoms with E-state index in [-0.39, 0.29) is 44.7 Å². The Hall–Kier alpha value is -7.92. The number of esters is 1. The van der Waals surface area contributed by atoms with Gasteiger partial charge in [-0.1, -0.05) is 29.9 Å². The van der Waals surface area contributed by atoms with Crippen molar-refractivity contribution in [2.45, 2.75) is 11.4 Å². The minimum atomic E-state index is -1.68. The number of aromatic nitrogens is 1. The van der Waals surface area contributed by atoms with Gasteiger partial charge in [0, 0.05) is 39.8 Å². The predicted octanol–water partition coefficient (Wildman–Crippen LogP) is 2.13. The maximum atomic E-state index is 13.2. The number of hydrogen-bond acceptors (Lipinski definition) is 17. The second-order valence-electron chi connectivity index (χ2n) is 13.3. The van der Waals surface area contributed by atoms with Gasteiger partial charge < -0.3 is 50.2 Å². The van der Waals surface area contributed by atoms with Crippen molar-refractivity contribution in [2.75, 3.05) is 45.0 Å². The molecular weight excluding hydrogens is 879 g/mol. The van der Waals surface area contributed by atoms with Crippen molar-refractivity contribution in [1.82, 2.24) is 20.9 Å². The van der Waals surface area contributed by atoms with Crippen molar-refractivity contribution in [3.8, 4) is 28.2 Å². The van der Waals surface area contributed by atoms with E-state index in [1.54, 1.807) is 42.5 Å². The number of rotatable bonds is 17. The summed E-state index contributed by atoms with van der Waals surface area (Å²) in [5.41, 5.74) is 1.18. The summed E-state index contributed by atoms with van der Waals surface area (Å²) in [7, 11) is 2.40. The summed E-state index contributed by atoms with van der Waals surface area (Å²) < 4.78 is 16.7. The number of anilines is 1. The molecule has 0 saturated carbocycles. The van der Waals surface area contributed by atoms with Crippen molar-refractivity contribution in [1.29, 1.82) is 0 Å². The fourth-order valence-corrected chi connectivity index (χ4v) is 7.87. The van der Waals surface area contributed by atoms with Gasteiger partial charge in [-0.05, 0) is 41.5 Å². The Labute approximate surface area is 368 Å². The number of oxime groups is 1. The number of amides is 4. The summed E-state index contributed by atoms with van der Waals surface area (Å²) in [6.07, 6.45) is 0. The molecule has 2 atom stereocenters. The van der Waals surface area contributed by atoms with E-state index in [0.29, 0.717) is 27.6 Å². The molecule has 3 aromatic rings. The van der Waals surface area contributed by atoms with Crippen LogP contribution in [0.1, 0.15) is 16.1 Å². The molecule has 330 valence electrons. The Morgan fingerprint density at radius 1 is 0.953 bits per heavy atom. The number of benzene rings is 3. The van der Waals surface area contributed by atoms with Crippen molar-refractivity contribution in [3.05, 3.63) is 99.7 Å². The van der Waals surface area contributed by atoms with Gasteiger partial charge in [0.05, 0.1) is 25.8 Å². The molecule has 6 N–H and O–H groups in total. The molecule has 0 bridgehead atoms. The number of thioether (sulfide) groups is 1. The van der Waals surface area contributed by atoms with Gasteiger partial charge in [-0.25, -0.2) is 19.4 Å². The van der Waals surface area contributed by atoms with Crippen LogP contribution < -0.4 is 31.4 Å². The minimum absolute atomic E-state index is 0.0322. The monoisotopic (exact) mass is 913 g/mol. The number of thiazole rings is 1. The number of carboxylic acid groups (broad SMARTS) is 2. The van der Waals surface area contributed by atoms with Crippen LogP contribution in [0.4, 0.5) is 5.13 Å². The van der Waals surface area contributed by atoms with E-state index in [9.17, 15) is 48.6 Å². The average molecular weight is 914 g/mol. The van der Waals surface area contributed by atoms with E-state index >= 15 is 0 Å².